The maximum Gasteiger partial charge on any atom is 0.329 e. The summed E-state index contributed by atoms with van der Waals surface area (Å²) in [4.78, 5) is 48.6. The van der Waals surface area contributed by atoms with Gasteiger partial charge in [0.1, 0.15) is 11.6 Å². The zero-order valence-corrected chi connectivity index (χ0v) is 19.8. The number of aromatic nitrogens is 2. The third-order valence-corrected chi connectivity index (χ3v) is 6.76. The summed E-state index contributed by atoms with van der Waals surface area (Å²) in [5, 5.41) is 2.34. The second-order valence-corrected chi connectivity index (χ2v) is 10.4. The number of carbonyl (C=O) groups excluding carboxylic acids is 3. The Bertz CT molecular complexity index is 1150. The lowest BCUT2D eigenvalue weighted by Gasteiger charge is -2.36. The van der Waals surface area contributed by atoms with Gasteiger partial charge in [0.25, 0.3) is 0 Å². The topological polar surface area (TPSA) is 99.4 Å². The molecule has 1 atom stereocenters. The van der Waals surface area contributed by atoms with E-state index in [-0.39, 0.29) is 24.0 Å². The largest absolute Gasteiger partial charge is 0.460 e. The lowest BCUT2D eigenvalue weighted by atomic mass is 9.69. The van der Waals surface area contributed by atoms with Crippen LogP contribution in [0.2, 0.25) is 0 Å². The van der Waals surface area contributed by atoms with Crippen molar-refractivity contribution in [2.45, 2.75) is 83.3 Å². The summed E-state index contributed by atoms with van der Waals surface area (Å²) in [5.74, 6) is 0.195. The Morgan fingerprint density at radius 2 is 1.88 bits per heavy atom. The van der Waals surface area contributed by atoms with Crippen molar-refractivity contribution in [1.29, 1.82) is 0 Å². The maximum atomic E-state index is 12.9. The van der Waals surface area contributed by atoms with E-state index in [1.807, 2.05) is 32.9 Å². The summed E-state index contributed by atoms with van der Waals surface area (Å²) in [7, 11) is 1.72. The molecule has 1 N–H and O–H groups in total. The van der Waals surface area contributed by atoms with Gasteiger partial charge in [0, 0.05) is 19.9 Å². The Morgan fingerprint density at radius 1 is 1.15 bits per heavy atom. The minimum absolute atomic E-state index is 0.134. The Labute approximate surface area is 193 Å². The zero-order chi connectivity index (χ0) is 23.9. The molecule has 1 aliphatic heterocycles. The van der Waals surface area contributed by atoms with E-state index in [0.717, 1.165) is 31.2 Å². The van der Waals surface area contributed by atoms with E-state index in [2.05, 4.69) is 11.4 Å². The Hall–Kier alpha value is -2.90. The first-order valence-electron chi connectivity index (χ1n) is 11.8. The van der Waals surface area contributed by atoms with E-state index in [0.29, 0.717) is 30.2 Å². The van der Waals surface area contributed by atoms with Crippen LogP contribution >= 0.6 is 0 Å². The molecule has 178 valence electrons. The normalized spacial score (nSPS) is 23.3. The molecule has 8 nitrogen and oxygen atoms in total. The number of imide groups is 1. The molecule has 2 heterocycles. The van der Waals surface area contributed by atoms with Crippen LogP contribution in [0.1, 0.15) is 83.2 Å². The summed E-state index contributed by atoms with van der Waals surface area (Å²) >= 11 is 0. The molecule has 0 radical (unpaired) electrons. The molecule has 0 bridgehead atoms. The summed E-state index contributed by atoms with van der Waals surface area (Å²) in [6, 6.07) is 5.36. The number of aryl methyl sites for hydroxylation is 1. The molecular formula is C25H33N3O5. The number of nitrogens with one attached hydrogen (secondary N) is 1. The van der Waals surface area contributed by atoms with E-state index >= 15 is 0 Å². The van der Waals surface area contributed by atoms with Gasteiger partial charge in [-0.1, -0.05) is 6.07 Å². The van der Waals surface area contributed by atoms with Gasteiger partial charge >= 0.3 is 11.7 Å². The standard InChI is InChI=1S/C25H33N3O5/c1-25(2,3)33-22(30)7-5-6-15-12-17(13-15)16-8-9-18-20(14-16)27(4)24(32)28(18)19-10-11-21(29)26-23(19)31/h8-9,14-15,17,19H,5-7,10-13H2,1-4H3,(H,26,29,31). The van der Waals surface area contributed by atoms with Crippen LogP contribution in [0.5, 0.6) is 0 Å². The smallest absolute Gasteiger partial charge is 0.329 e. The average molecular weight is 456 g/mol. The average Bonchev–Trinajstić information content (AvgIpc) is 2.93. The molecule has 8 heteroatoms. The number of carbonyl (C=O) groups is 3. The molecule has 2 amide bonds. The molecular weight excluding hydrogens is 422 g/mol. The van der Waals surface area contributed by atoms with Crippen molar-refractivity contribution < 1.29 is 19.1 Å². The maximum absolute atomic E-state index is 12.9. The minimum atomic E-state index is -0.664. The third kappa shape index (κ3) is 4.89. The highest BCUT2D eigenvalue weighted by molar-refractivity contribution is 6.00. The van der Waals surface area contributed by atoms with Crippen molar-refractivity contribution in [3.8, 4) is 0 Å². The highest BCUT2D eigenvalue weighted by atomic mass is 16.6. The first-order chi connectivity index (χ1) is 15.5. The highest BCUT2D eigenvalue weighted by Crippen LogP contribution is 2.44. The number of benzene rings is 1. The molecule has 1 unspecified atom stereocenters. The predicted octanol–water partition coefficient (Wildman–Crippen LogP) is 3.32. The fourth-order valence-corrected chi connectivity index (χ4v) is 5.04. The summed E-state index contributed by atoms with van der Waals surface area (Å²) in [6.07, 6.45) is 5.02. The van der Waals surface area contributed by atoms with Gasteiger partial charge in [0.2, 0.25) is 11.8 Å². The van der Waals surface area contributed by atoms with Crippen molar-refractivity contribution in [2.75, 3.05) is 0 Å². The van der Waals surface area contributed by atoms with Crippen molar-refractivity contribution in [2.24, 2.45) is 13.0 Å². The van der Waals surface area contributed by atoms with Gasteiger partial charge in [-0.15, -0.1) is 0 Å². The molecule has 1 saturated carbocycles. The van der Waals surface area contributed by atoms with E-state index in [9.17, 15) is 19.2 Å². The van der Waals surface area contributed by atoms with Crippen LogP contribution in [0, 0.1) is 5.92 Å². The lowest BCUT2D eigenvalue weighted by Crippen LogP contribution is -2.44. The van der Waals surface area contributed by atoms with Crippen molar-refractivity contribution in [3.63, 3.8) is 0 Å². The first kappa shape index (κ1) is 23.3. The van der Waals surface area contributed by atoms with Crippen LogP contribution in [0.3, 0.4) is 0 Å². The van der Waals surface area contributed by atoms with Crippen molar-refractivity contribution >= 4 is 28.8 Å². The third-order valence-electron chi connectivity index (χ3n) is 6.76. The van der Waals surface area contributed by atoms with E-state index < -0.39 is 17.6 Å². The summed E-state index contributed by atoms with van der Waals surface area (Å²) in [6.45, 7) is 5.65. The van der Waals surface area contributed by atoms with E-state index in [1.54, 1.807) is 11.6 Å². The molecule has 2 aliphatic rings. The molecule has 33 heavy (non-hydrogen) atoms. The molecule has 0 spiro atoms. The van der Waals surface area contributed by atoms with Crippen LogP contribution in [-0.4, -0.2) is 32.5 Å². The van der Waals surface area contributed by atoms with Crippen LogP contribution in [0.4, 0.5) is 0 Å². The van der Waals surface area contributed by atoms with E-state index in [1.165, 1.54) is 10.1 Å². The van der Waals surface area contributed by atoms with Gasteiger partial charge in [0.05, 0.1) is 11.0 Å². The van der Waals surface area contributed by atoms with Gasteiger partial charge in [-0.05, 0) is 82.4 Å². The van der Waals surface area contributed by atoms with Gasteiger partial charge in [-0.2, -0.15) is 0 Å². The number of fused-ring (bicyclic) bond motifs is 1. The molecule has 4 rings (SSSR count). The summed E-state index contributed by atoms with van der Waals surface area (Å²) < 4.78 is 8.47. The Kier molecular flexibility index (Phi) is 6.20. The number of esters is 1. The highest BCUT2D eigenvalue weighted by Gasteiger charge is 2.33. The number of rotatable bonds is 6. The SMILES string of the molecule is Cn1c(=O)n(C2CCC(=O)NC2=O)c2ccc(C3CC(CCCC(=O)OC(C)(C)C)C3)cc21. The number of piperidine rings is 1. The number of hydrogen-bond acceptors (Lipinski definition) is 5. The number of imidazole rings is 1. The van der Waals surface area contributed by atoms with Gasteiger partial charge in [-0.25, -0.2) is 4.79 Å². The summed E-state index contributed by atoms with van der Waals surface area (Å²) in [5.41, 5.74) is 2.03. The van der Waals surface area contributed by atoms with Gasteiger partial charge in [0.15, 0.2) is 0 Å². The fourth-order valence-electron chi connectivity index (χ4n) is 5.04. The molecule has 1 saturated heterocycles. The molecule has 1 aromatic carbocycles. The first-order valence-corrected chi connectivity index (χ1v) is 11.8. The molecule has 1 aliphatic carbocycles. The number of amides is 2. The Morgan fingerprint density at radius 3 is 2.55 bits per heavy atom. The monoisotopic (exact) mass is 455 g/mol. The number of nitrogens with zero attached hydrogens (tertiary/aromatic N) is 2. The van der Waals surface area contributed by atoms with Crippen LogP contribution < -0.4 is 11.0 Å². The Balaban J connectivity index is 1.39. The van der Waals surface area contributed by atoms with Gasteiger partial charge < -0.3 is 4.74 Å². The predicted molar refractivity (Wildman–Crippen MR) is 124 cm³/mol. The van der Waals surface area contributed by atoms with Crippen molar-refractivity contribution in [3.05, 3.63) is 34.2 Å². The number of hydrogen-bond donors (Lipinski definition) is 1. The lowest BCUT2D eigenvalue weighted by molar-refractivity contribution is -0.155. The minimum Gasteiger partial charge on any atom is -0.460 e. The molecule has 2 aromatic rings. The van der Waals surface area contributed by atoms with E-state index in [4.69, 9.17) is 4.74 Å². The van der Waals surface area contributed by atoms with Crippen molar-refractivity contribution in [1.82, 2.24) is 14.5 Å². The fraction of sp³-hybridized carbons (Fsp3) is 0.600. The second-order valence-electron chi connectivity index (χ2n) is 10.4. The van der Waals surface area contributed by atoms with Crippen LogP contribution in [-0.2, 0) is 26.2 Å². The second kappa shape index (κ2) is 8.80. The molecule has 1 aromatic heterocycles. The van der Waals surface area contributed by atoms with Crippen LogP contribution in [0.15, 0.2) is 23.0 Å². The van der Waals surface area contributed by atoms with Gasteiger partial charge in [-0.3, -0.25) is 28.8 Å². The van der Waals surface area contributed by atoms with Crippen LogP contribution in [0.25, 0.3) is 11.0 Å². The molecule has 2 fully saturated rings. The quantitative estimate of drug-likeness (QED) is 0.532. The number of ether oxygens (including phenoxy) is 1. The zero-order valence-electron chi connectivity index (χ0n) is 19.8.